The van der Waals surface area contributed by atoms with Gasteiger partial charge in [0.2, 0.25) is 0 Å². The van der Waals surface area contributed by atoms with Crippen LogP contribution in [-0.2, 0) is 6.54 Å². The van der Waals surface area contributed by atoms with Crippen LogP contribution in [-0.4, -0.2) is 21.5 Å². The first-order valence-corrected chi connectivity index (χ1v) is 5.68. The van der Waals surface area contributed by atoms with Gasteiger partial charge in [0, 0.05) is 30.7 Å². The molecule has 0 fully saturated rings. The van der Waals surface area contributed by atoms with Gasteiger partial charge in [0.05, 0.1) is 10.4 Å². The van der Waals surface area contributed by atoms with Gasteiger partial charge in [0.15, 0.2) is 5.82 Å². The normalized spacial score (nSPS) is 10.5. The van der Waals surface area contributed by atoms with Crippen molar-refractivity contribution >= 4 is 11.3 Å². The van der Waals surface area contributed by atoms with E-state index in [2.05, 4.69) is 27.2 Å². The van der Waals surface area contributed by atoms with Crippen LogP contribution in [0.4, 0.5) is 0 Å². The Labute approximate surface area is 92.4 Å². The lowest BCUT2D eigenvalue weighted by Crippen LogP contribution is -2.12. The molecule has 0 saturated heterocycles. The van der Waals surface area contributed by atoms with Gasteiger partial charge in [-0.2, -0.15) is 0 Å². The molecule has 2 heterocycles. The van der Waals surface area contributed by atoms with Gasteiger partial charge in [-0.05, 0) is 6.54 Å². The summed E-state index contributed by atoms with van der Waals surface area (Å²) in [4.78, 5) is 13.6. The van der Waals surface area contributed by atoms with Crippen LogP contribution in [0.15, 0.2) is 24.1 Å². The van der Waals surface area contributed by atoms with Crippen LogP contribution in [0.2, 0.25) is 0 Å². The van der Waals surface area contributed by atoms with Crippen LogP contribution >= 0.6 is 11.3 Å². The molecule has 2 aromatic heterocycles. The van der Waals surface area contributed by atoms with E-state index in [0.717, 1.165) is 29.4 Å². The summed E-state index contributed by atoms with van der Waals surface area (Å²) in [6, 6.07) is 0. The van der Waals surface area contributed by atoms with Gasteiger partial charge in [-0.3, -0.25) is 4.98 Å². The lowest BCUT2D eigenvalue weighted by molar-refractivity contribution is 0.721. The molecule has 0 aliphatic carbocycles. The summed E-state index contributed by atoms with van der Waals surface area (Å²) in [5, 5.41) is 3.23. The molecule has 0 unspecified atom stereocenters. The molecular weight excluding hydrogens is 208 g/mol. The number of nitrogens with one attached hydrogen (secondary N) is 1. The summed E-state index contributed by atoms with van der Waals surface area (Å²) in [6.45, 7) is 3.85. The average Bonchev–Trinajstić information content (AvgIpc) is 2.80. The third-order valence-corrected chi connectivity index (χ3v) is 2.71. The van der Waals surface area contributed by atoms with Crippen molar-refractivity contribution in [3.05, 3.63) is 29.7 Å². The molecular formula is C10H12N4S. The van der Waals surface area contributed by atoms with Gasteiger partial charge in [0.25, 0.3) is 0 Å². The van der Waals surface area contributed by atoms with Crippen molar-refractivity contribution in [1.29, 1.82) is 0 Å². The molecule has 4 nitrogen and oxygen atoms in total. The smallest absolute Gasteiger partial charge is 0.171 e. The monoisotopic (exact) mass is 220 g/mol. The van der Waals surface area contributed by atoms with E-state index in [9.17, 15) is 0 Å². The SMILES string of the molecule is CCNCc1cnc(-c2cncs2)nc1. The van der Waals surface area contributed by atoms with Crippen molar-refractivity contribution < 1.29 is 0 Å². The second-order valence-corrected chi connectivity index (χ2v) is 3.95. The van der Waals surface area contributed by atoms with Crippen LogP contribution < -0.4 is 5.32 Å². The minimum absolute atomic E-state index is 0.748. The quantitative estimate of drug-likeness (QED) is 0.852. The Bertz CT molecular complexity index is 396. The molecule has 0 saturated carbocycles. The largest absolute Gasteiger partial charge is 0.313 e. The Morgan fingerprint density at radius 2 is 2.07 bits per heavy atom. The fourth-order valence-corrected chi connectivity index (χ4v) is 1.74. The predicted molar refractivity (Wildman–Crippen MR) is 60.5 cm³/mol. The lowest BCUT2D eigenvalue weighted by atomic mass is 10.3. The Hall–Kier alpha value is -1.33. The molecule has 2 rings (SSSR count). The van der Waals surface area contributed by atoms with Crippen LogP contribution in [0, 0.1) is 0 Å². The van der Waals surface area contributed by atoms with Gasteiger partial charge >= 0.3 is 0 Å². The first kappa shape index (κ1) is 10.2. The molecule has 0 aromatic carbocycles. The number of nitrogens with zero attached hydrogens (tertiary/aromatic N) is 3. The summed E-state index contributed by atoms with van der Waals surface area (Å²) in [5.41, 5.74) is 2.88. The molecule has 0 aliphatic heterocycles. The van der Waals surface area contributed by atoms with Gasteiger partial charge < -0.3 is 5.32 Å². The van der Waals surface area contributed by atoms with E-state index >= 15 is 0 Å². The summed E-state index contributed by atoms with van der Waals surface area (Å²) < 4.78 is 0. The zero-order valence-corrected chi connectivity index (χ0v) is 9.29. The summed E-state index contributed by atoms with van der Waals surface area (Å²) >= 11 is 1.55. The Morgan fingerprint density at radius 3 is 2.67 bits per heavy atom. The molecule has 0 aliphatic rings. The first-order valence-electron chi connectivity index (χ1n) is 4.80. The fraction of sp³-hybridized carbons (Fsp3) is 0.300. The standard InChI is InChI=1S/C10H12N4S/c1-2-11-3-8-4-13-10(14-5-8)9-6-12-7-15-9/h4-7,11H,2-3H2,1H3. The highest BCUT2D eigenvalue weighted by atomic mass is 32.1. The minimum atomic E-state index is 0.748. The van der Waals surface area contributed by atoms with Crippen molar-refractivity contribution in [3.63, 3.8) is 0 Å². The van der Waals surface area contributed by atoms with Crippen LogP contribution in [0.3, 0.4) is 0 Å². The maximum absolute atomic E-state index is 4.29. The summed E-state index contributed by atoms with van der Waals surface area (Å²) in [5.74, 6) is 0.748. The molecule has 1 N–H and O–H groups in total. The van der Waals surface area contributed by atoms with E-state index in [1.165, 1.54) is 0 Å². The number of hydrogen-bond acceptors (Lipinski definition) is 5. The first-order chi connectivity index (χ1) is 7.40. The van der Waals surface area contributed by atoms with E-state index < -0.39 is 0 Å². The van der Waals surface area contributed by atoms with Crippen molar-refractivity contribution in [3.8, 4) is 10.7 Å². The molecule has 0 atom stereocenters. The Kier molecular flexibility index (Phi) is 3.37. The van der Waals surface area contributed by atoms with Gasteiger partial charge in [-0.25, -0.2) is 9.97 Å². The van der Waals surface area contributed by atoms with E-state index in [1.54, 1.807) is 23.0 Å². The molecule has 78 valence electrons. The van der Waals surface area contributed by atoms with Crippen LogP contribution in [0.5, 0.6) is 0 Å². The lowest BCUT2D eigenvalue weighted by Gasteiger charge is -2.01. The number of hydrogen-bond donors (Lipinski definition) is 1. The molecule has 15 heavy (non-hydrogen) atoms. The maximum Gasteiger partial charge on any atom is 0.171 e. The third kappa shape index (κ3) is 2.57. The molecule has 0 bridgehead atoms. The molecule has 0 amide bonds. The maximum atomic E-state index is 4.29. The van der Waals surface area contributed by atoms with Crippen molar-refractivity contribution in [2.75, 3.05) is 6.54 Å². The second-order valence-electron chi connectivity index (χ2n) is 3.06. The second kappa shape index (κ2) is 4.95. The van der Waals surface area contributed by atoms with Crippen molar-refractivity contribution in [2.45, 2.75) is 13.5 Å². The highest BCUT2D eigenvalue weighted by Gasteiger charge is 2.02. The number of rotatable bonds is 4. The third-order valence-electron chi connectivity index (χ3n) is 1.94. The molecule has 5 heteroatoms. The van der Waals surface area contributed by atoms with Crippen molar-refractivity contribution in [2.24, 2.45) is 0 Å². The van der Waals surface area contributed by atoms with E-state index in [1.807, 2.05) is 12.4 Å². The fourth-order valence-electron chi connectivity index (χ4n) is 1.17. The Morgan fingerprint density at radius 1 is 1.27 bits per heavy atom. The van der Waals surface area contributed by atoms with Gasteiger partial charge in [0.1, 0.15) is 0 Å². The Balaban J connectivity index is 2.11. The average molecular weight is 220 g/mol. The van der Waals surface area contributed by atoms with E-state index in [4.69, 9.17) is 0 Å². The summed E-state index contributed by atoms with van der Waals surface area (Å²) in [6.07, 6.45) is 5.49. The van der Waals surface area contributed by atoms with Crippen LogP contribution in [0.25, 0.3) is 10.7 Å². The zero-order chi connectivity index (χ0) is 10.5. The van der Waals surface area contributed by atoms with E-state index in [-0.39, 0.29) is 0 Å². The molecule has 0 radical (unpaired) electrons. The molecule has 0 spiro atoms. The topological polar surface area (TPSA) is 50.7 Å². The summed E-state index contributed by atoms with van der Waals surface area (Å²) in [7, 11) is 0. The number of thiazole rings is 1. The highest BCUT2D eigenvalue weighted by molar-refractivity contribution is 7.13. The predicted octanol–water partition coefficient (Wildman–Crippen LogP) is 1.71. The molecule has 2 aromatic rings. The van der Waals surface area contributed by atoms with E-state index in [0.29, 0.717) is 0 Å². The van der Waals surface area contributed by atoms with Gasteiger partial charge in [-0.1, -0.05) is 6.92 Å². The van der Waals surface area contributed by atoms with Crippen LogP contribution in [0.1, 0.15) is 12.5 Å². The number of aromatic nitrogens is 3. The minimum Gasteiger partial charge on any atom is -0.313 e. The highest BCUT2D eigenvalue weighted by Crippen LogP contribution is 2.18. The van der Waals surface area contributed by atoms with Crippen molar-refractivity contribution in [1.82, 2.24) is 20.3 Å². The van der Waals surface area contributed by atoms with Gasteiger partial charge in [-0.15, -0.1) is 11.3 Å². The zero-order valence-electron chi connectivity index (χ0n) is 8.47.